The number of aryl methyl sites for hydroxylation is 2. The van der Waals surface area contributed by atoms with Crippen LogP contribution in [0.2, 0.25) is 0 Å². The maximum Gasteiger partial charge on any atom is 0.317 e. The summed E-state index contributed by atoms with van der Waals surface area (Å²) in [6.45, 7) is 8.49. The number of fused-ring (bicyclic) bond motifs is 2. The molecule has 4 heterocycles. The Balaban J connectivity index is 1.25. The molecule has 1 saturated heterocycles. The van der Waals surface area contributed by atoms with Crippen molar-refractivity contribution in [1.82, 2.24) is 34.9 Å². The number of nitrogens with one attached hydrogen (secondary N) is 2. The first-order valence-corrected chi connectivity index (χ1v) is 13.3. The quantitative estimate of drug-likeness (QED) is 0.392. The average Bonchev–Trinajstić information content (AvgIpc) is 3.62. The summed E-state index contributed by atoms with van der Waals surface area (Å²) in [4.78, 5) is 27.7. The van der Waals surface area contributed by atoms with Crippen LogP contribution in [0.1, 0.15) is 57.2 Å². The second-order valence-corrected chi connectivity index (χ2v) is 11.7. The number of H-pyrrole nitrogens is 1. The van der Waals surface area contributed by atoms with E-state index in [1.54, 1.807) is 11.0 Å². The summed E-state index contributed by atoms with van der Waals surface area (Å²) < 4.78 is 1.79. The zero-order chi connectivity index (χ0) is 25.7. The van der Waals surface area contributed by atoms with Gasteiger partial charge < -0.3 is 15.2 Å². The molecule has 8 nitrogen and oxygen atoms in total. The van der Waals surface area contributed by atoms with Gasteiger partial charge in [0, 0.05) is 42.8 Å². The molecule has 8 heteroatoms. The average molecular weight is 498 g/mol. The van der Waals surface area contributed by atoms with Gasteiger partial charge in [0.2, 0.25) is 0 Å². The minimum absolute atomic E-state index is 0.0499. The Labute approximate surface area is 217 Å². The third-order valence-electron chi connectivity index (χ3n) is 8.17. The Hall–Kier alpha value is -3.68. The topological polar surface area (TPSA) is 91.7 Å². The van der Waals surface area contributed by atoms with E-state index < -0.39 is 0 Å². The standard InChI is InChI=1S/C29H35N7O/c1-29(2,3)21-10-11-36(16-21)28(37)34-24-7-5-6-18-12-19(8-9-22(18)24)26-23-13-25(20-14-32-35(4)15-20)33-27(23)31-17-30-26/h8-9,12-15,17,21,24H,5-7,10-11,16H2,1-4H3,(H,34,37)(H,30,31,33). The van der Waals surface area contributed by atoms with E-state index in [9.17, 15) is 4.79 Å². The number of urea groups is 1. The molecule has 1 aromatic carbocycles. The number of carbonyl (C=O) groups is 1. The first kappa shape index (κ1) is 23.7. The Kier molecular flexibility index (Phi) is 5.77. The summed E-state index contributed by atoms with van der Waals surface area (Å²) in [5.74, 6) is 0.552. The van der Waals surface area contributed by atoms with Crippen molar-refractivity contribution in [2.75, 3.05) is 13.1 Å². The Morgan fingerprint density at radius 3 is 2.76 bits per heavy atom. The molecule has 1 aliphatic carbocycles. The Morgan fingerprint density at radius 2 is 2.00 bits per heavy atom. The lowest BCUT2D eigenvalue weighted by molar-refractivity contribution is 0.192. The molecule has 0 saturated carbocycles. The van der Waals surface area contributed by atoms with Gasteiger partial charge in [0.15, 0.2) is 0 Å². The maximum atomic E-state index is 13.1. The minimum atomic E-state index is 0.0499. The zero-order valence-corrected chi connectivity index (χ0v) is 22.1. The van der Waals surface area contributed by atoms with Crippen molar-refractivity contribution < 1.29 is 4.79 Å². The molecule has 2 N–H and O–H groups in total. The fourth-order valence-electron chi connectivity index (χ4n) is 5.89. The van der Waals surface area contributed by atoms with Crippen LogP contribution in [0.5, 0.6) is 0 Å². The van der Waals surface area contributed by atoms with Gasteiger partial charge in [0.05, 0.1) is 23.6 Å². The summed E-state index contributed by atoms with van der Waals surface area (Å²) in [6.07, 6.45) is 9.56. The van der Waals surface area contributed by atoms with Gasteiger partial charge in [-0.15, -0.1) is 0 Å². The van der Waals surface area contributed by atoms with E-state index in [1.807, 2.05) is 24.3 Å². The highest BCUT2D eigenvalue weighted by Gasteiger charge is 2.35. The molecule has 0 radical (unpaired) electrons. The first-order valence-electron chi connectivity index (χ1n) is 13.3. The van der Waals surface area contributed by atoms with Crippen molar-refractivity contribution in [2.24, 2.45) is 18.4 Å². The van der Waals surface area contributed by atoms with Crippen LogP contribution in [-0.2, 0) is 13.5 Å². The highest BCUT2D eigenvalue weighted by Crippen LogP contribution is 2.37. The number of aromatic nitrogens is 5. The Bertz CT molecular complexity index is 1460. The summed E-state index contributed by atoms with van der Waals surface area (Å²) in [5.41, 5.74) is 7.53. The number of amides is 2. The van der Waals surface area contributed by atoms with Gasteiger partial charge in [0.1, 0.15) is 12.0 Å². The molecule has 1 fully saturated rings. The first-order chi connectivity index (χ1) is 17.8. The molecule has 0 spiro atoms. The smallest absolute Gasteiger partial charge is 0.317 e. The summed E-state index contributed by atoms with van der Waals surface area (Å²) >= 11 is 0. The number of benzene rings is 1. The van der Waals surface area contributed by atoms with Crippen LogP contribution in [0.4, 0.5) is 4.79 Å². The van der Waals surface area contributed by atoms with Gasteiger partial charge in [0.25, 0.3) is 0 Å². The number of rotatable bonds is 3. The van der Waals surface area contributed by atoms with Crippen LogP contribution in [0, 0.1) is 11.3 Å². The normalized spacial score (nSPS) is 19.8. The van der Waals surface area contributed by atoms with E-state index in [-0.39, 0.29) is 17.5 Å². The van der Waals surface area contributed by atoms with E-state index in [0.29, 0.717) is 5.92 Å². The fourth-order valence-corrected chi connectivity index (χ4v) is 5.89. The van der Waals surface area contributed by atoms with Crippen LogP contribution >= 0.6 is 0 Å². The predicted octanol–water partition coefficient (Wildman–Crippen LogP) is 5.48. The summed E-state index contributed by atoms with van der Waals surface area (Å²) in [6, 6.07) is 8.78. The third kappa shape index (κ3) is 4.49. The molecule has 2 aliphatic rings. The monoisotopic (exact) mass is 497 g/mol. The van der Waals surface area contributed by atoms with Crippen molar-refractivity contribution in [3.8, 4) is 22.5 Å². The molecule has 2 atom stereocenters. The molecule has 2 amide bonds. The SMILES string of the molecule is Cn1cc(-c2cc3c(-c4ccc5c(c4)CCCC5NC(=O)N4CCC(C(C)(C)C)C4)ncnc3[nH]2)cn1. The van der Waals surface area contributed by atoms with E-state index in [4.69, 9.17) is 0 Å². The van der Waals surface area contributed by atoms with Gasteiger partial charge >= 0.3 is 6.03 Å². The second kappa shape index (κ2) is 9.01. The number of nitrogens with zero attached hydrogens (tertiary/aromatic N) is 5. The van der Waals surface area contributed by atoms with Crippen LogP contribution in [0.25, 0.3) is 33.5 Å². The summed E-state index contributed by atoms with van der Waals surface area (Å²) in [7, 11) is 1.91. The molecular weight excluding hydrogens is 462 g/mol. The van der Waals surface area contributed by atoms with Crippen molar-refractivity contribution in [3.05, 3.63) is 54.1 Å². The van der Waals surface area contributed by atoms with Crippen LogP contribution in [0.3, 0.4) is 0 Å². The molecule has 4 aromatic rings. The number of carbonyl (C=O) groups excluding carboxylic acids is 1. The van der Waals surface area contributed by atoms with Crippen LogP contribution in [0.15, 0.2) is 43.0 Å². The molecule has 37 heavy (non-hydrogen) atoms. The molecule has 3 aromatic heterocycles. The van der Waals surface area contributed by atoms with E-state index in [1.165, 1.54) is 11.1 Å². The third-order valence-corrected chi connectivity index (χ3v) is 8.17. The van der Waals surface area contributed by atoms with E-state index >= 15 is 0 Å². The highest BCUT2D eigenvalue weighted by molar-refractivity contribution is 5.94. The molecule has 2 unspecified atom stereocenters. The van der Waals surface area contributed by atoms with Crippen molar-refractivity contribution in [2.45, 2.75) is 52.5 Å². The van der Waals surface area contributed by atoms with Crippen molar-refractivity contribution in [1.29, 1.82) is 0 Å². The minimum Gasteiger partial charge on any atom is -0.339 e. The highest BCUT2D eigenvalue weighted by atomic mass is 16.2. The number of aromatic amines is 1. The van der Waals surface area contributed by atoms with E-state index in [2.05, 4.69) is 70.4 Å². The lowest BCUT2D eigenvalue weighted by atomic mass is 9.80. The zero-order valence-electron chi connectivity index (χ0n) is 22.1. The van der Waals surface area contributed by atoms with Gasteiger partial charge in [-0.1, -0.05) is 32.9 Å². The van der Waals surface area contributed by atoms with Crippen LogP contribution in [-0.4, -0.2) is 48.8 Å². The number of likely N-dealkylation sites (tertiary alicyclic amines) is 1. The second-order valence-electron chi connectivity index (χ2n) is 11.7. The molecule has 1 aliphatic heterocycles. The van der Waals surface area contributed by atoms with Gasteiger partial charge in [-0.3, -0.25) is 4.68 Å². The van der Waals surface area contributed by atoms with Gasteiger partial charge in [-0.2, -0.15) is 5.10 Å². The van der Waals surface area contributed by atoms with Crippen LogP contribution < -0.4 is 5.32 Å². The van der Waals surface area contributed by atoms with E-state index in [0.717, 1.165) is 72.3 Å². The summed E-state index contributed by atoms with van der Waals surface area (Å²) in [5, 5.41) is 8.63. The number of hydrogen-bond donors (Lipinski definition) is 2. The molecular formula is C29H35N7O. The largest absolute Gasteiger partial charge is 0.339 e. The molecule has 6 rings (SSSR count). The lowest BCUT2D eigenvalue weighted by Gasteiger charge is -2.30. The molecule has 0 bridgehead atoms. The lowest BCUT2D eigenvalue weighted by Crippen LogP contribution is -2.41. The Morgan fingerprint density at radius 1 is 1.14 bits per heavy atom. The fraction of sp³-hybridized carbons (Fsp3) is 0.448. The maximum absolute atomic E-state index is 13.1. The molecule has 192 valence electrons. The predicted molar refractivity (Wildman–Crippen MR) is 145 cm³/mol. The van der Waals surface area contributed by atoms with Crippen molar-refractivity contribution >= 4 is 17.1 Å². The number of hydrogen-bond acceptors (Lipinski definition) is 4. The van der Waals surface area contributed by atoms with Gasteiger partial charge in [-0.25, -0.2) is 14.8 Å². The van der Waals surface area contributed by atoms with Gasteiger partial charge in [-0.05, 0) is 60.3 Å². The van der Waals surface area contributed by atoms with Crippen molar-refractivity contribution in [3.63, 3.8) is 0 Å².